The zero-order valence-electron chi connectivity index (χ0n) is 26.6. The normalized spacial score (nSPS) is 12.2. The van der Waals surface area contributed by atoms with Crippen molar-refractivity contribution in [1.82, 2.24) is 0 Å². The van der Waals surface area contributed by atoms with Crippen molar-refractivity contribution in [2.24, 2.45) is 0 Å². The van der Waals surface area contributed by atoms with E-state index < -0.39 is 0 Å². The number of hydrogen-bond donors (Lipinski definition) is 0. The molecule has 1 nitrogen and oxygen atoms in total. The SMILES string of the molecule is c1ccc2c(c1)Oc1ccc(-c3c4ccccc4c(-c4cc5c6ccccc6ccc5c5ccccc45)c4ccccc34)c3cccc-2c13. The van der Waals surface area contributed by atoms with Crippen LogP contribution in [-0.2, 0) is 0 Å². The minimum Gasteiger partial charge on any atom is -0.456 e. The van der Waals surface area contributed by atoms with Crippen LogP contribution in [0.15, 0.2) is 170 Å². The van der Waals surface area contributed by atoms with Crippen molar-refractivity contribution in [2.75, 3.05) is 0 Å². The molecule has 0 amide bonds. The number of ether oxygens (including phenoxy) is 1. The summed E-state index contributed by atoms with van der Waals surface area (Å²) in [5.41, 5.74) is 7.38. The highest BCUT2D eigenvalue weighted by Crippen LogP contribution is 2.52. The molecule has 226 valence electrons. The molecule has 0 saturated heterocycles. The Labute approximate surface area is 283 Å². The van der Waals surface area contributed by atoms with Gasteiger partial charge in [-0.3, -0.25) is 0 Å². The maximum Gasteiger partial charge on any atom is 0.135 e. The molecule has 49 heavy (non-hydrogen) atoms. The van der Waals surface area contributed by atoms with E-state index in [1.807, 2.05) is 6.07 Å². The van der Waals surface area contributed by atoms with Crippen LogP contribution in [0.1, 0.15) is 0 Å². The molecule has 11 rings (SSSR count). The Morgan fingerprint density at radius 2 is 0.816 bits per heavy atom. The van der Waals surface area contributed by atoms with E-state index in [9.17, 15) is 0 Å². The minimum absolute atomic E-state index is 0.908. The van der Waals surface area contributed by atoms with E-state index in [4.69, 9.17) is 4.74 Å². The van der Waals surface area contributed by atoms with Crippen molar-refractivity contribution < 1.29 is 4.74 Å². The average Bonchev–Trinajstić information content (AvgIpc) is 3.17. The molecule has 0 N–H and O–H groups in total. The Morgan fingerprint density at radius 1 is 0.265 bits per heavy atom. The van der Waals surface area contributed by atoms with Gasteiger partial charge in [-0.1, -0.05) is 146 Å². The summed E-state index contributed by atoms with van der Waals surface area (Å²) in [7, 11) is 0. The number of benzene rings is 10. The lowest BCUT2D eigenvalue weighted by molar-refractivity contribution is 0.487. The zero-order valence-corrected chi connectivity index (χ0v) is 26.6. The van der Waals surface area contributed by atoms with Crippen LogP contribution < -0.4 is 4.74 Å². The zero-order chi connectivity index (χ0) is 32.1. The number of fused-ring (bicyclic) bond motifs is 9. The summed E-state index contributed by atoms with van der Waals surface area (Å²) in [5, 5.41) is 15.0. The van der Waals surface area contributed by atoms with Crippen LogP contribution >= 0.6 is 0 Å². The first kappa shape index (κ1) is 26.6. The van der Waals surface area contributed by atoms with Gasteiger partial charge in [0.1, 0.15) is 11.5 Å². The lowest BCUT2D eigenvalue weighted by Gasteiger charge is -2.24. The molecule has 1 aliphatic rings. The summed E-state index contributed by atoms with van der Waals surface area (Å²) in [6.45, 7) is 0. The highest BCUT2D eigenvalue weighted by molar-refractivity contribution is 6.29. The molecule has 0 atom stereocenters. The maximum atomic E-state index is 6.50. The second kappa shape index (κ2) is 10.0. The van der Waals surface area contributed by atoms with Crippen molar-refractivity contribution in [1.29, 1.82) is 0 Å². The van der Waals surface area contributed by atoms with E-state index >= 15 is 0 Å². The van der Waals surface area contributed by atoms with Gasteiger partial charge in [0, 0.05) is 10.9 Å². The van der Waals surface area contributed by atoms with Gasteiger partial charge in [-0.15, -0.1) is 0 Å². The van der Waals surface area contributed by atoms with Crippen molar-refractivity contribution in [2.45, 2.75) is 0 Å². The molecule has 0 spiro atoms. The minimum atomic E-state index is 0.908. The van der Waals surface area contributed by atoms with Gasteiger partial charge in [-0.2, -0.15) is 0 Å². The van der Waals surface area contributed by atoms with Gasteiger partial charge in [0.15, 0.2) is 0 Å². The van der Waals surface area contributed by atoms with Crippen LogP contribution in [0.4, 0.5) is 0 Å². The molecular formula is C48H28O. The van der Waals surface area contributed by atoms with Gasteiger partial charge in [-0.25, -0.2) is 0 Å². The summed E-state index contributed by atoms with van der Waals surface area (Å²) >= 11 is 0. The lowest BCUT2D eigenvalue weighted by atomic mass is 9.82. The van der Waals surface area contributed by atoms with Gasteiger partial charge in [0.05, 0.1) is 0 Å². The first-order valence-corrected chi connectivity index (χ1v) is 16.9. The van der Waals surface area contributed by atoms with E-state index in [2.05, 4.69) is 164 Å². The van der Waals surface area contributed by atoms with E-state index in [1.54, 1.807) is 0 Å². The molecule has 0 bridgehead atoms. The van der Waals surface area contributed by atoms with Crippen LogP contribution in [-0.4, -0.2) is 0 Å². The lowest BCUT2D eigenvalue weighted by Crippen LogP contribution is -1.98. The summed E-state index contributed by atoms with van der Waals surface area (Å²) in [6.07, 6.45) is 0. The Bertz CT molecular complexity index is 2960. The van der Waals surface area contributed by atoms with Gasteiger partial charge in [0.2, 0.25) is 0 Å². The Balaban J connectivity index is 1.29. The van der Waals surface area contributed by atoms with E-state index in [0.717, 1.165) is 17.1 Å². The van der Waals surface area contributed by atoms with Crippen LogP contribution in [0.5, 0.6) is 11.5 Å². The molecule has 0 fully saturated rings. The largest absolute Gasteiger partial charge is 0.456 e. The van der Waals surface area contributed by atoms with E-state index in [1.165, 1.54) is 92.5 Å². The standard InChI is InChI=1S/C48H28O/c1-2-13-30-29(12-1)24-25-33-31-14-3-4-15-32(31)43(28-42(30)33)47-38-19-7-5-17-36(38)46(37-18-6-8-20-39(37)47)41-26-27-45-48-35(21-11-22-40(41)48)34-16-9-10-23-44(34)49-45/h1-28H. The fraction of sp³-hybridized carbons (Fsp3) is 0. The van der Waals surface area contributed by atoms with Crippen molar-refractivity contribution in [3.8, 4) is 44.9 Å². The first-order chi connectivity index (χ1) is 24.3. The molecule has 0 saturated carbocycles. The smallest absolute Gasteiger partial charge is 0.135 e. The van der Waals surface area contributed by atoms with Gasteiger partial charge < -0.3 is 4.74 Å². The highest BCUT2D eigenvalue weighted by Gasteiger charge is 2.24. The third-order valence-corrected chi connectivity index (χ3v) is 10.6. The van der Waals surface area contributed by atoms with Crippen LogP contribution in [0, 0.1) is 0 Å². The Kier molecular flexibility index (Phi) is 5.45. The van der Waals surface area contributed by atoms with Gasteiger partial charge in [0.25, 0.3) is 0 Å². The summed E-state index contributed by atoms with van der Waals surface area (Å²) in [4.78, 5) is 0. The molecule has 1 aliphatic heterocycles. The number of rotatable bonds is 2. The first-order valence-electron chi connectivity index (χ1n) is 16.9. The molecule has 0 radical (unpaired) electrons. The van der Waals surface area contributed by atoms with Crippen LogP contribution in [0.2, 0.25) is 0 Å². The van der Waals surface area contributed by atoms with Crippen molar-refractivity contribution in [3.63, 3.8) is 0 Å². The molecule has 10 aromatic rings. The second-order valence-electron chi connectivity index (χ2n) is 13.1. The number of para-hydroxylation sites is 1. The van der Waals surface area contributed by atoms with Crippen LogP contribution in [0.3, 0.4) is 0 Å². The Morgan fingerprint density at radius 3 is 1.57 bits per heavy atom. The van der Waals surface area contributed by atoms with Crippen molar-refractivity contribution >= 4 is 64.6 Å². The maximum absolute atomic E-state index is 6.50. The Hall–Kier alpha value is -6.44. The molecule has 0 aromatic heterocycles. The molecule has 0 aliphatic carbocycles. The molecule has 0 unspecified atom stereocenters. The predicted octanol–water partition coefficient (Wildman–Crippen LogP) is 13.7. The number of hydrogen-bond acceptors (Lipinski definition) is 1. The highest BCUT2D eigenvalue weighted by atomic mass is 16.5. The molecular weight excluding hydrogens is 593 g/mol. The fourth-order valence-corrected chi connectivity index (χ4v) is 8.57. The molecule has 1 heterocycles. The van der Waals surface area contributed by atoms with Gasteiger partial charge in [-0.05, 0) is 111 Å². The van der Waals surface area contributed by atoms with E-state index in [0.29, 0.717) is 0 Å². The van der Waals surface area contributed by atoms with E-state index in [-0.39, 0.29) is 0 Å². The molecule has 10 aromatic carbocycles. The second-order valence-corrected chi connectivity index (χ2v) is 13.1. The summed E-state index contributed by atoms with van der Waals surface area (Å²) in [6, 6.07) is 62.1. The predicted molar refractivity (Wildman–Crippen MR) is 208 cm³/mol. The quantitative estimate of drug-likeness (QED) is 0.138. The monoisotopic (exact) mass is 620 g/mol. The third kappa shape index (κ3) is 3.70. The van der Waals surface area contributed by atoms with Crippen LogP contribution in [0.25, 0.3) is 98.0 Å². The van der Waals surface area contributed by atoms with Crippen molar-refractivity contribution in [3.05, 3.63) is 170 Å². The molecule has 1 heteroatoms. The summed E-state index contributed by atoms with van der Waals surface area (Å²) in [5.74, 6) is 1.82. The third-order valence-electron chi connectivity index (χ3n) is 10.6. The average molecular weight is 621 g/mol. The summed E-state index contributed by atoms with van der Waals surface area (Å²) < 4.78 is 6.50. The van der Waals surface area contributed by atoms with Gasteiger partial charge >= 0.3 is 0 Å². The fourth-order valence-electron chi connectivity index (χ4n) is 8.57. The topological polar surface area (TPSA) is 9.23 Å².